The molecule has 3 aromatic rings. The Morgan fingerprint density at radius 2 is 1.66 bits per heavy atom. The highest BCUT2D eigenvalue weighted by atomic mass is 19.1. The van der Waals surface area contributed by atoms with Gasteiger partial charge in [-0.3, -0.25) is 25.2 Å². The Hall–Kier alpha value is -3.74. The largest absolute Gasteiger partial charge is 0.311 e. The van der Waals surface area contributed by atoms with Crippen LogP contribution in [0, 0.1) is 11.7 Å². The van der Waals surface area contributed by atoms with Gasteiger partial charge in [0, 0.05) is 18.4 Å². The van der Waals surface area contributed by atoms with Crippen LogP contribution in [0.1, 0.15) is 16.8 Å². The summed E-state index contributed by atoms with van der Waals surface area (Å²) in [7, 11) is 0. The molecule has 1 aliphatic rings. The fourth-order valence-electron chi connectivity index (χ4n) is 3.49. The molecule has 1 atom stereocenters. The van der Waals surface area contributed by atoms with Crippen LogP contribution in [0.5, 0.6) is 0 Å². The molecule has 1 aliphatic heterocycles. The van der Waals surface area contributed by atoms with Gasteiger partial charge in [-0.25, -0.2) is 4.39 Å². The first-order valence-corrected chi connectivity index (χ1v) is 9.17. The van der Waals surface area contributed by atoms with E-state index in [4.69, 9.17) is 0 Å². The summed E-state index contributed by atoms with van der Waals surface area (Å²) in [5.74, 6) is -2.72. The summed E-state index contributed by atoms with van der Waals surface area (Å²) in [5, 5.41) is 1.93. The van der Waals surface area contributed by atoms with Gasteiger partial charge in [-0.15, -0.1) is 0 Å². The van der Waals surface area contributed by atoms with Crippen LogP contribution in [0.25, 0.3) is 10.8 Å². The zero-order valence-electron chi connectivity index (χ0n) is 15.4. The minimum Gasteiger partial charge on any atom is -0.311 e. The first-order chi connectivity index (χ1) is 14.0. The van der Waals surface area contributed by atoms with E-state index in [0.29, 0.717) is 0 Å². The first kappa shape index (κ1) is 18.6. The van der Waals surface area contributed by atoms with Gasteiger partial charge >= 0.3 is 0 Å². The number of amides is 3. The molecule has 0 saturated carbocycles. The first-order valence-electron chi connectivity index (χ1n) is 9.17. The van der Waals surface area contributed by atoms with Crippen molar-refractivity contribution >= 4 is 34.2 Å². The molecule has 0 aliphatic carbocycles. The van der Waals surface area contributed by atoms with Crippen molar-refractivity contribution in [2.45, 2.75) is 6.42 Å². The maximum atomic E-state index is 13.7. The number of hydrogen-bond acceptors (Lipinski definition) is 3. The summed E-state index contributed by atoms with van der Waals surface area (Å²) in [6.45, 7) is 0.203. The van der Waals surface area contributed by atoms with E-state index in [-0.39, 0.29) is 24.4 Å². The summed E-state index contributed by atoms with van der Waals surface area (Å²) in [6, 6.07) is 18.9. The van der Waals surface area contributed by atoms with Crippen LogP contribution in [0.15, 0.2) is 66.7 Å². The monoisotopic (exact) mass is 391 g/mol. The predicted octanol–water partition coefficient (Wildman–Crippen LogP) is 2.79. The van der Waals surface area contributed by atoms with Crippen molar-refractivity contribution in [3.63, 3.8) is 0 Å². The third kappa shape index (κ3) is 3.67. The van der Waals surface area contributed by atoms with Gasteiger partial charge < -0.3 is 4.90 Å². The van der Waals surface area contributed by atoms with Crippen LogP contribution >= 0.6 is 0 Å². The maximum Gasteiger partial charge on any atom is 0.272 e. The Kier molecular flexibility index (Phi) is 4.95. The van der Waals surface area contributed by atoms with E-state index in [1.54, 1.807) is 4.90 Å². The minimum atomic E-state index is -0.758. The second kappa shape index (κ2) is 7.71. The quantitative estimate of drug-likeness (QED) is 0.674. The van der Waals surface area contributed by atoms with Crippen LogP contribution in [-0.4, -0.2) is 24.3 Å². The van der Waals surface area contributed by atoms with Crippen molar-refractivity contribution in [2.24, 2.45) is 5.92 Å². The number of hydrogen-bond donors (Lipinski definition) is 2. The van der Waals surface area contributed by atoms with E-state index < -0.39 is 23.5 Å². The smallest absolute Gasteiger partial charge is 0.272 e. The van der Waals surface area contributed by atoms with Crippen LogP contribution in [0.2, 0.25) is 0 Å². The zero-order chi connectivity index (χ0) is 20.4. The van der Waals surface area contributed by atoms with E-state index in [1.165, 1.54) is 18.2 Å². The third-order valence-electron chi connectivity index (χ3n) is 4.97. The molecule has 1 heterocycles. The van der Waals surface area contributed by atoms with Crippen LogP contribution in [0.4, 0.5) is 10.1 Å². The standard InChI is InChI=1S/C22H18FN3O3/c23-18-10-4-3-9-17(18)22(29)25-24-21(28)15-12-20(27)26(13-15)19-11-5-7-14-6-1-2-8-16(14)19/h1-11,15H,12-13H2,(H,24,28)(H,25,29). The maximum absolute atomic E-state index is 13.7. The highest BCUT2D eigenvalue weighted by Gasteiger charge is 2.36. The number of benzene rings is 3. The summed E-state index contributed by atoms with van der Waals surface area (Å²) in [6.07, 6.45) is 0.0324. The normalized spacial score (nSPS) is 16.1. The van der Waals surface area contributed by atoms with Crippen molar-refractivity contribution in [1.29, 1.82) is 0 Å². The van der Waals surface area contributed by atoms with Crippen molar-refractivity contribution in [2.75, 3.05) is 11.4 Å². The molecule has 0 aromatic heterocycles. The van der Waals surface area contributed by atoms with Crippen molar-refractivity contribution < 1.29 is 18.8 Å². The Morgan fingerprint density at radius 3 is 2.48 bits per heavy atom. The number of nitrogens with zero attached hydrogens (tertiary/aromatic N) is 1. The van der Waals surface area contributed by atoms with Gasteiger partial charge in [0.15, 0.2) is 0 Å². The average Bonchev–Trinajstić information content (AvgIpc) is 3.13. The number of rotatable bonds is 3. The molecular formula is C22H18FN3O3. The summed E-state index contributed by atoms with van der Waals surface area (Å²) in [4.78, 5) is 38.6. The number of carbonyl (C=O) groups is 3. The van der Waals surface area contributed by atoms with Gasteiger partial charge in [-0.05, 0) is 23.6 Å². The summed E-state index contributed by atoms with van der Waals surface area (Å²) < 4.78 is 13.7. The fraction of sp³-hybridized carbons (Fsp3) is 0.136. The van der Waals surface area contributed by atoms with Gasteiger partial charge in [0.2, 0.25) is 11.8 Å². The van der Waals surface area contributed by atoms with Gasteiger partial charge in [0.05, 0.1) is 17.2 Å². The highest BCUT2D eigenvalue weighted by Crippen LogP contribution is 2.31. The highest BCUT2D eigenvalue weighted by molar-refractivity contribution is 6.07. The van der Waals surface area contributed by atoms with Crippen LogP contribution < -0.4 is 15.8 Å². The lowest BCUT2D eigenvalue weighted by Gasteiger charge is -2.19. The van der Waals surface area contributed by atoms with E-state index in [9.17, 15) is 18.8 Å². The minimum absolute atomic E-state index is 0.0324. The molecule has 1 saturated heterocycles. The van der Waals surface area contributed by atoms with Gasteiger partial charge in [0.1, 0.15) is 5.82 Å². The number of nitrogens with one attached hydrogen (secondary N) is 2. The van der Waals surface area contributed by atoms with Crippen molar-refractivity contribution in [3.8, 4) is 0 Å². The average molecular weight is 391 g/mol. The Bertz CT molecular complexity index is 1110. The molecule has 1 fully saturated rings. The number of carbonyl (C=O) groups excluding carboxylic acids is 3. The molecular weight excluding hydrogens is 373 g/mol. The second-order valence-electron chi connectivity index (χ2n) is 6.83. The molecule has 4 rings (SSSR count). The predicted molar refractivity (Wildman–Crippen MR) is 106 cm³/mol. The molecule has 3 amide bonds. The summed E-state index contributed by atoms with van der Waals surface area (Å²) in [5.41, 5.74) is 5.08. The molecule has 6 nitrogen and oxygen atoms in total. The fourth-order valence-corrected chi connectivity index (χ4v) is 3.49. The van der Waals surface area contributed by atoms with Gasteiger partial charge in [-0.1, -0.05) is 48.5 Å². The van der Waals surface area contributed by atoms with Gasteiger partial charge in [0.25, 0.3) is 5.91 Å². The lowest BCUT2D eigenvalue weighted by Crippen LogP contribution is -2.45. The zero-order valence-corrected chi connectivity index (χ0v) is 15.4. The molecule has 1 unspecified atom stereocenters. The number of hydrazine groups is 1. The van der Waals surface area contributed by atoms with E-state index in [1.807, 2.05) is 42.5 Å². The molecule has 0 radical (unpaired) electrons. The number of fused-ring (bicyclic) bond motifs is 1. The number of halogens is 1. The van der Waals surface area contributed by atoms with E-state index in [2.05, 4.69) is 10.9 Å². The summed E-state index contributed by atoms with van der Waals surface area (Å²) >= 11 is 0. The second-order valence-corrected chi connectivity index (χ2v) is 6.83. The lowest BCUT2D eigenvalue weighted by molar-refractivity contribution is -0.126. The van der Waals surface area contributed by atoms with Crippen molar-refractivity contribution in [1.82, 2.24) is 10.9 Å². The van der Waals surface area contributed by atoms with Crippen LogP contribution in [0.3, 0.4) is 0 Å². The molecule has 0 spiro atoms. The molecule has 29 heavy (non-hydrogen) atoms. The lowest BCUT2D eigenvalue weighted by atomic mass is 10.1. The van der Waals surface area contributed by atoms with E-state index >= 15 is 0 Å². The Morgan fingerprint density at radius 1 is 0.931 bits per heavy atom. The SMILES string of the molecule is O=C(NNC(=O)C1CC(=O)N(c2cccc3ccccc23)C1)c1ccccc1F. The van der Waals surface area contributed by atoms with Crippen molar-refractivity contribution in [3.05, 3.63) is 78.1 Å². The molecule has 0 bridgehead atoms. The van der Waals surface area contributed by atoms with E-state index in [0.717, 1.165) is 22.5 Å². The van der Waals surface area contributed by atoms with Crippen LogP contribution in [-0.2, 0) is 9.59 Å². The number of anilines is 1. The third-order valence-corrected chi connectivity index (χ3v) is 4.97. The van der Waals surface area contributed by atoms with Gasteiger partial charge in [-0.2, -0.15) is 0 Å². The molecule has 146 valence electrons. The molecule has 3 aromatic carbocycles. The topological polar surface area (TPSA) is 78.5 Å². The Balaban J connectivity index is 1.44. The molecule has 2 N–H and O–H groups in total. The Labute approximate surface area is 166 Å². The molecule has 7 heteroatoms.